The van der Waals surface area contributed by atoms with Crippen LogP contribution in [0, 0.1) is 0 Å². The molecule has 35 heavy (non-hydrogen) atoms. The highest BCUT2D eigenvalue weighted by molar-refractivity contribution is 7.08. The molecule has 0 N–H and O–H groups in total. The van der Waals surface area contributed by atoms with Crippen molar-refractivity contribution in [2.75, 3.05) is 13.2 Å². The Hall–Kier alpha value is -3.32. The van der Waals surface area contributed by atoms with Crippen molar-refractivity contribution < 1.29 is 38.1 Å². The molecule has 0 saturated carbocycles. The Morgan fingerprint density at radius 3 is 1.14 bits per heavy atom. The van der Waals surface area contributed by atoms with Crippen LogP contribution >= 0.6 is 45.3 Å². The number of rotatable bonds is 10. The van der Waals surface area contributed by atoms with Gasteiger partial charge >= 0.3 is 29.7 Å². The van der Waals surface area contributed by atoms with Gasteiger partial charge in [-0.1, -0.05) is 0 Å². The maximum absolute atomic E-state index is 12.9. The number of ether oxygens (including phenoxy) is 4. The van der Waals surface area contributed by atoms with Crippen molar-refractivity contribution in [3.05, 3.63) is 89.6 Å². The molecule has 0 aliphatic carbocycles. The number of carbonyl (C=O) groups excluding carboxylic acids is 4. The molecule has 12 heteroatoms. The summed E-state index contributed by atoms with van der Waals surface area (Å²) in [6.07, 6.45) is 0. The summed E-state index contributed by atoms with van der Waals surface area (Å²) >= 11 is 5.11. The van der Waals surface area contributed by atoms with E-state index in [2.05, 4.69) is 0 Å². The zero-order valence-corrected chi connectivity index (χ0v) is 21.0. The maximum Gasteiger partial charge on any atom is 0.342 e. The van der Waals surface area contributed by atoms with E-state index in [1.54, 1.807) is 55.2 Å². The average molecular weight is 549 g/mol. The molecule has 4 heterocycles. The van der Waals surface area contributed by atoms with Crippen molar-refractivity contribution in [1.82, 2.24) is 0 Å². The van der Waals surface area contributed by atoms with E-state index >= 15 is 0 Å². The third-order valence-corrected chi connectivity index (χ3v) is 7.16. The SMILES string of the molecule is O=C(OCC(COC(=O)c1ccsc1)(OC(=O)c1ccsc1)OC(=O)c1ccsc1)c1ccsc1. The molecule has 4 aromatic rings. The average Bonchev–Trinajstić information content (AvgIpc) is 3.68. The predicted octanol–water partition coefficient (Wildman–Crippen LogP) is 5.36. The second-order valence-corrected chi connectivity index (χ2v) is 10.0. The van der Waals surface area contributed by atoms with E-state index in [1.807, 2.05) is 0 Å². The Bertz CT molecular complexity index is 1160. The van der Waals surface area contributed by atoms with Gasteiger partial charge in [-0.05, 0) is 45.8 Å². The molecule has 0 saturated heterocycles. The molecule has 0 bridgehead atoms. The number of thiophene rings is 4. The van der Waals surface area contributed by atoms with E-state index in [0.717, 1.165) is 0 Å². The molecule has 4 rings (SSSR count). The fourth-order valence-corrected chi connectivity index (χ4v) is 5.18. The zero-order valence-electron chi connectivity index (χ0n) is 17.7. The first-order chi connectivity index (χ1) is 17.0. The molecule has 0 aromatic carbocycles. The van der Waals surface area contributed by atoms with Crippen molar-refractivity contribution in [3.8, 4) is 0 Å². The Labute approximate surface area is 215 Å². The van der Waals surface area contributed by atoms with Gasteiger partial charge in [-0.3, -0.25) is 0 Å². The molecule has 4 aromatic heterocycles. The van der Waals surface area contributed by atoms with Crippen molar-refractivity contribution in [3.63, 3.8) is 0 Å². The summed E-state index contributed by atoms with van der Waals surface area (Å²) in [7, 11) is 0. The first-order valence-electron chi connectivity index (χ1n) is 9.85. The van der Waals surface area contributed by atoms with Gasteiger partial charge in [0.15, 0.2) is 13.2 Å². The second kappa shape index (κ2) is 11.4. The van der Waals surface area contributed by atoms with Gasteiger partial charge in [-0.15, -0.1) is 0 Å². The lowest BCUT2D eigenvalue weighted by Crippen LogP contribution is -2.49. The molecule has 0 fully saturated rings. The van der Waals surface area contributed by atoms with E-state index < -0.39 is 42.9 Å². The number of carbonyl (C=O) groups is 4. The van der Waals surface area contributed by atoms with Gasteiger partial charge in [-0.25, -0.2) is 19.2 Å². The van der Waals surface area contributed by atoms with Crippen LogP contribution in [0.25, 0.3) is 0 Å². The lowest BCUT2D eigenvalue weighted by Gasteiger charge is -2.31. The first-order valence-corrected chi connectivity index (χ1v) is 13.6. The summed E-state index contributed by atoms with van der Waals surface area (Å²) in [6, 6.07) is 6.15. The van der Waals surface area contributed by atoms with Gasteiger partial charge in [0, 0.05) is 21.5 Å². The summed E-state index contributed by atoms with van der Waals surface area (Å²) in [5, 5.41) is 13.0. The van der Waals surface area contributed by atoms with Gasteiger partial charge in [0.1, 0.15) is 0 Å². The normalized spacial score (nSPS) is 11.0. The number of esters is 4. The lowest BCUT2D eigenvalue weighted by molar-refractivity contribution is -0.210. The van der Waals surface area contributed by atoms with E-state index in [9.17, 15) is 19.2 Å². The van der Waals surface area contributed by atoms with Crippen LogP contribution in [-0.2, 0) is 18.9 Å². The quantitative estimate of drug-likeness (QED) is 0.148. The summed E-state index contributed by atoms with van der Waals surface area (Å²) in [5.41, 5.74) is 0.929. The second-order valence-electron chi connectivity index (χ2n) is 6.89. The summed E-state index contributed by atoms with van der Waals surface area (Å²) in [4.78, 5) is 50.7. The van der Waals surface area contributed by atoms with Gasteiger partial charge in [-0.2, -0.15) is 45.3 Å². The van der Waals surface area contributed by atoms with Gasteiger partial charge in [0.2, 0.25) is 0 Å². The highest BCUT2D eigenvalue weighted by atomic mass is 32.1. The minimum absolute atomic E-state index is 0.194. The van der Waals surface area contributed by atoms with Gasteiger partial charge < -0.3 is 18.9 Å². The van der Waals surface area contributed by atoms with Crippen LogP contribution in [0.3, 0.4) is 0 Å². The van der Waals surface area contributed by atoms with Crippen LogP contribution in [0.5, 0.6) is 0 Å². The first kappa shape index (κ1) is 24.8. The lowest BCUT2D eigenvalue weighted by atomic mass is 10.2. The summed E-state index contributed by atoms with van der Waals surface area (Å²) < 4.78 is 21.8. The Balaban J connectivity index is 1.61. The van der Waals surface area contributed by atoms with Crippen molar-refractivity contribution in [2.45, 2.75) is 5.79 Å². The Morgan fingerprint density at radius 1 is 0.543 bits per heavy atom. The van der Waals surface area contributed by atoms with Crippen LogP contribution in [0.4, 0.5) is 0 Å². The molecule has 0 radical (unpaired) electrons. The number of hydrogen-bond acceptors (Lipinski definition) is 12. The molecule has 180 valence electrons. The smallest absolute Gasteiger partial charge is 0.342 e. The van der Waals surface area contributed by atoms with Crippen molar-refractivity contribution in [2.24, 2.45) is 0 Å². The van der Waals surface area contributed by atoms with E-state index in [-0.39, 0.29) is 22.3 Å². The van der Waals surface area contributed by atoms with Crippen molar-refractivity contribution >= 4 is 69.2 Å². The molecule has 0 unspecified atom stereocenters. The fourth-order valence-electron chi connectivity index (χ4n) is 2.68. The fraction of sp³-hybridized carbons (Fsp3) is 0.130. The molecular formula is C23H16O8S4. The molecule has 0 aliphatic rings. The summed E-state index contributed by atoms with van der Waals surface area (Å²) in [5.74, 6) is -5.38. The van der Waals surface area contributed by atoms with Crippen LogP contribution in [0.1, 0.15) is 41.4 Å². The van der Waals surface area contributed by atoms with Gasteiger partial charge in [0.05, 0.1) is 22.3 Å². The van der Waals surface area contributed by atoms with Crippen LogP contribution in [0.15, 0.2) is 67.3 Å². The largest absolute Gasteiger partial charge is 0.454 e. The van der Waals surface area contributed by atoms with E-state index in [0.29, 0.717) is 0 Å². The topological polar surface area (TPSA) is 105 Å². The summed E-state index contributed by atoms with van der Waals surface area (Å²) in [6.45, 7) is -1.41. The zero-order chi connectivity index (χ0) is 24.7. The molecular weight excluding hydrogens is 533 g/mol. The van der Waals surface area contributed by atoms with Crippen molar-refractivity contribution in [1.29, 1.82) is 0 Å². The number of hydrogen-bond donors (Lipinski definition) is 0. The van der Waals surface area contributed by atoms with Crippen LogP contribution in [-0.4, -0.2) is 42.9 Å². The Morgan fingerprint density at radius 2 is 0.857 bits per heavy atom. The van der Waals surface area contributed by atoms with E-state index in [4.69, 9.17) is 18.9 Å². The highest BCUT2D eigenvalue weighted by Gasteiger charge is 2.43. The molecule has 0 amide bonds. The molecule has 0 aliphatic heterocycles. The highest BCUT2D eigenvalue weighted by Crippen LogP contribution is 2.24. The minimum atomic E-state index is -2.24. The van der Waals surface area contributed by atoms with Gasteiger partial charge in [0.25, 0.3) is 0 Å². The standard InChI is InChI=1S/C23H16O8S4/c24-19(15-1-5-32-9-15)28-13-23(30-21(26)17-3-7-34-11-17,31-22(27)18-4-8-35-12-18)14-29-20(25)16-2-6-33-10-16/h1-12H,13-14H2. The van der Waals surface area contributed by atoms with Crippen LogP contribution in [0.2, 0.25) is 0 Å². The monoisotopic (exact) mass is 548 g/mol. The third-order valence-electron chi connectivity index (χ3n) is 4.43. The molecule has 0 spiro atoms. The van der Waals surface area contributed by atoms with Crippen LogP contribution < -0.4 is 0 Å². The maximum atomic E-state index is 12.9. The molecule has 8 nitrogen and oxygen atoms in total. The minimum Gasteiger partial charge on any atom is -0.454 e. The predicted molar refractivity (Wildman–Crippen MR) is 131 cm³/mol. The third kappa shape index (κ3) is 6.42. The molecule has 0 atom stereocenters. The Kier molecular flexibility index (Phi) is 8.08. The van der Waals surface area contributed by atoms with E-state index in [1.165, 1.54) is 57.5 Å².